The highest BCUT2D eigenvalue weighted by Gasteiger charge is 2.14. The maximum atomic E-state index is 12.5. The van der Waals surface area contributed by atoms with E-state index >= 15 is 0 Å². The molecule has 5 aromatic rings. The minimum Gasteiger partial charge on any atom is -0.492 e. The smallest absolute Gasteiger partial charge is 0.343 e. The normalized spacial score (nSPS) is 13.0. The number of nitrogens with zero attached hydrogens (tertiary/aromatic N) is 4. The predicted molar refractivity (Wildman–Crippen MR) is 172 cm³/mol. The Morgan fingerprint density at radius 1 is 0.930 bits per heavy atom. The fourth-order valence-electron chi connectivity index (χ4n) is 5.01. The zero-order chi connectivity index (χ0) is 28.9. The van der Waals surface area contributed by atoms with Crippen molar-refractivity contribution < 1.29 is 14.3 Å². The van der Waals surface area contributed by atoms with Crippen LogP contribution in [0.1, 0.15) is 28.8 Å². The summed E-state index contributed by atoms with van der Waals surface area (Å²) in [7, 11) is 0. The third-order valence-electron chi connectivity index (χ3n) is 7.20. The summed E-state index contributed by atoms with van der Waals surface area (Å²) in [6, 6.07) is 25.6. The number of carbonyl (C=O) groups excluding carboxylic acids is 1. The third-order valence-corrected chi connectivity index (χ3v) is 7.53. The molecule has 0 radical (unpaired) electrons. The summed E-state index contributed by atoms with van der Waals surface area (Å²) < 4.78 is 11.5. The zero-order valence-corrected chi connectivity index (χ0v) is 25.2. The molecule has 43 heavy (non-hydrogen) atoms. The molecule has 220 valence electrons. The average Bonchev–Trinajstić information content (AvgIpc) is 3.53. The van der Waals surface area contributed by atoms with Crippen LogP contribution in [0.5, 0.6) is 11.5 Å². The second kappa shape index (κ2) is 13.8. The van der Waals surface area contributed by atoms with Gasteiger partial charge in [0.05, 0.1) is 11.1 Å². The second-order valence-corrected chi connectivity index (χ2v) is 10.6. The molecule has 1 aliphatic heterocycles. The van der Waals surface area contributed by atoms with Crippen LogP contribution >= 0.6 is 24.0 Å². The second-order valence-electron chi connectivity index (χ2n) is 10.2. The Hall–Kier alpha value is -4.24. The molecular weight excluding hydrogens is 585 g/mol. The lowest BCUT2D eigenvalue weighted by molar-refractivity contribution is 0.0735. The van der Waals surface area contributed by atoms with Crippen molar-refractivity contribution in [3.05, 3.63) is 101 Å². The lowest BCUT2D eigenvalue weighted by Gasteiger charge is -2.15. The number of halogens is 2. The number of hydrogen-bond acceptors (Lipinski definition) is 8. The molecule has 6 rings (SSSR count). The highest BCUT2D eigenvalue weighted by molar-refractivity contribution is 6.33. The summed E-state index contributed by atoms with van der Waals surface area (Å²) >= 11 is 6.56. The summed E-state index contributed by atoms with van der Waals surface area (Å²) in [5.74, 6) is 1.19. The fraction of sp³-hybridized carbons (Fsp3) is 0.212. The van der Waals surface area contributed by atoms with Gasteiger partial charge < -0.3 is 14.8 Å². The summed E-state index contributed by atoms with van der Waals surface area (Å²) in [5, 5.41) is 12.5. The molecule has 0 atom stereocenters. The van der Waals surface area contributed by atoms with Crippen molar-refractivity contribution in [1.82, 2.24) is 20.1 Å². The summed E-state index contributed by atoms with van der Waals surface area (Å²) in [5.41, 5.74) is 5.10. The van der Waals surface area contributed by atoms with Crippen LogP contribution in [0.3, 0.4) is 0 Å². The molecule has 1 N–H and O–H groups in total. The van der Waals surface area contributed by atoms with Crippen LogP contribution in [0.25, 0.3) is 22.2 Å². The molecule has 1 aromatic heterocycles. The topological polar surface area (TPSA) is 89.5 Å². The monoisotopic (exact) mass is 615 g/mol. The van der Waals surface area contributed by atoms with Gasteiger partial charge in [-0.1, -0.05) is 29.8 Å². The van der Waals surface area contributed by atoms with Crippen LogP contribution in [-0.2, 0) is 0 Å². The quantitative estimate of drug-likeness (QED) is 0.134. The van der Waals surface area contributed by atoms with Gasteiger partial charge in [-0.15, -0.1) is 22.6 Å². The summed E-state index contributed by atoms with van der Waals surface area (Å²) in [4.78, 5) is 19.7. The van der Waals surface area contributed by atoms with Crippen molar-refractivity contribution in [2.45, 2.75) is 19.8 Å². The van der Waals surface area contributed by atoms with Crippen molar-refractivity contribution in [3.63, 3.8) is 0 Å². The summed E-state index contributed by atoms with van der Waals surface area (Å²) in [6.45, 7) is 5.93. The zero-order valence-electron chi connectivity index (χ0n) is 23.6. The molecule has 2 heterocycles. The Bertz CT molecular complexity index is 1710. The van der Waals surface area contributed by atoms with Gasteiger partial charge in [-0.3, -0.25) is 4.90 Å². The number of esters is 1. The van der Waals surface area contributed by atoms with E-state index in [1.165, 1.54) is 25.9 Å². The molecule has 1 saturated heterocycles. The van der Waals surface area contributed by atoms with Crippen LogP contribution in [0.2, 0.25) is 5.02 Å². The van der Waals surface area contributed by atoms with E-state index < -0.39 is 5.97 Å². The molecular formula is C33H31Cl2N5O3. The van der Waals surface area contributed by atoms with Gasteiger partial charge in [0.1, 0.15) is 23.6 Å². The SMILES string of the molecule is Cc1cc(-c2cc(OC(=O)c3ccccc3)ccc2Cl)cc2nnc(Nc3ccc(OCCN4CCCC4)cc3)nc12.Cl. The van der Waals surface area contributed by atoms with E-state index in [2.05, 4.69) is 20.4 Å². The number of aryl methyl sites for hydroxylation is 1. The van der Waals surface area contributed by atoms with Gasteiger partial charge in [0.15, 0.2) is 0 Å². The van der Waals surface area contributed by atoms with Crippen LogP contribution < -0.4 is 14.8 Å². The lowest BCUT2D eigenvalue weighted by atomic mass is 10.0. The van der Waals surface area contributed by atoms with Gasteiger partial charge in [0.25, 0.3) is 0 Å². The number of benzene rings is 4. The number of carbonyl (C=O) groups is 1. The highest BCUT2D eigenvalue weighted by atomic mass is 35.5. The number of nitrogens with one attached hydrogen (secondary N) is 1. The number of ether oxygens (including phenoxy) is 2. The van der Waals surface area contributed by atoms with Gasteiger partial charge in [-0.05, 0) is 111 Å². The fourth-order valence-corrected chi connectivity index (χ4v) is 5.24. The standard InChI is InChI=1S/C33H30ClN5O3.ClH/c1-22-19-24(28-21-27(13-14-29(28)34)42-32(40)23-7-3-2-4-8-23)20-30-31(22)36-33(38-37-30)35-25-9-11-26(12-10-25)41-18-17-39-15-5-6-16-39;/h2-4,7-14,19-21H,5-6,15-18H2,1H3,(H,35,36,38);1H. The number of fused-ring (bicyclic) bond motifs is 1. The number of aromatic nitrogens is 3. The van der Waals surface area contributed by atoms with Gasteiger partial charge in [-0.2, -0.15) is 0 Å². The van der Waals surface area contributed by atoms with E-state index in [1.54, 1.807) is 42.5 Å². The Morgan fingerprint density at radius 3 is 2.44 bits per heavy atom. The van der Waals surface area contributed by atoms with E-state index in [0.29, 0.717) is 40.0 Å². The molecule has 1 aliphatic rings. The Kier molecular flexibility index (Phi) is 9.72. The van der Waals surface area contributed by atoms with Crippen molar-refractivity contribution >= 4 is 52.6 Å². The van der Waals surface area contributed by atoms with Crippen molar-refractivity contribution in [3.8, 4) is 22.6 Å². The first-order valence-corrected chi connectivity index (χ1v) is 14.3. The molecule has 0 amide bonds. The number of anilines is 2. The van der Waals surface area contributed by atoms with Gasteiger partial charge >= 0.3 is 5.97 Å². The molecule has 0 saturated carbocycles. The van der Waals surface area contributed by atoms with Gasteiger partial charge in [-0.25, -0.2) is 9.78 Å². The van der Waals surface area contributed by atoms with E-state index in [9.17, 15) is 4.79 Å². The van der Waals surface area contributed by atoms with Crippen molar-refractivity contribution in [2.24, 2.45) is 0 Å². The summed E-state index contributed by atoms with van der Waals surface area (Å²) in [6.07, 6.45) is 2.56. The van der Waals surface area contributed by atoms with Crippen molar-refractivity contribution in [1.29, 1.82) is 0 Å². The molecule has 0 spiro atoms. The van der Waals surface area contributed by atoms with Crippen LogP contribution in [0, 0.1) is 6.92 Å². The molecule has 4 aromatic carbocycles. The number of rotatable bonds is 9. The Balaban J connectivity index is 0.00000368. The molecule has 0 unspecified atom stereocenters. The van der Waals surface area contributed by atoms with Crippen molar-refractivity contribution in [2.75, 3.05) is 31.6 Å². The Morgan fingerprint density at radius 2 is 1.67 bits per heavy atom. The number of likely N-dealkylation sites (tertiary alicyclic amines) is 1. The molecule has 1 fully saturated rings. The third kappa shape index (κ3) is 7.40. The van der Waals surface area contributed by atoms with Crippen LogP contribution in [0.15, 0.2) is 84.9 Å². The predicted octanol–water partition coefficient (Wildman–Crippen LogP) is 7.51. The average molecular weight is 617 g/mol. The van der Waals surface area contributed by atoms with E-state index in [-0.39, 0.29) is 12.4 Å². The van der Waals surface area contributed by atoms with Gasteiger partial charge in [0.2, 0.25) is 5.95 Å². The molecule has 10 heteroatoms. The minimum atomic E-state index is -0.437. The van der Waals surface area contributed by atoms with Crippen LogP contribution in [0.4, 0.5) is 11.6 Å². The first-order chi connectivity index (χ1) is 20.5. The maximum absolute atomic E-state index is 12.5. The lowest BCUT2D eigenvalue weighted by Crippen LogP contribution is -2.25. The number of hydrogen-bond donors (Lipinski definition) is 1. The van der Waals surface area contributed by atoms with E-state index in [4.69, 9.17) is 26.1 Å². The molecule has 0 aliphatic carbocycles. The van der Waals surface area contributed by atoms with E-state index in [1.807, 2.05) is 49.4 Å². The Labute approximate surface area is 261 Å². The first-order valence-electron chi connectivity index (χ1n) is 14.0. The van der Waals surface area contributed by atoms with E-state index in [0.717, 1.165) is 34.6 Å². The van der Waals surface area contributed by atoms with Crippen LogP contribution in [-0.4, -0.2) is 52.3 Å². The minimum absolute atomic E-state index is 0. The maximum Gasteiger partial charge on any atom is 0.343 e. The highest BCUT2D eigenvalue weighted by Crippen LogP contribution is 2.34. The molecule has 0 bridgehead atoms. The molecule has 8 nitrogen and oxygen atoms in total. The largest absolute Gasteiger partial charge is 0.492 e. The van der Waals surface area contributed by atoms with Gasteiger partial charge in [0, 0.05) is 22.8 Å². The first kappa shape index (κ1) is 30.2.